The minimum Gasteiger partial charge on any atom is -0.496 e. The summed E-state index contributed by atoms with van der Waals surface area (Å²) < 4.78 is 5.38. The number of methoxy groups -OCH3 is 1. The van der Waals surface area contributed by atoms with Crippen LogP contribution in [0.1, 0.15) is 37.4 Å². The number of carbonyl (C=O) groups is 1. The van der Waals surface area contributed by atoms with E-state index in [1.165, 1.54) is 0 Å². The summed E-state index contributed by atoms with van der Waals surface area (Å²) in [5.41, 5.74) is 0.472. The number of hydrogen-bond acceptors (Lipinski definition) is 3. The van der Waals surface area contributed by atoms with Crippen molar-refractivity contribution in [3.8, 4) is 5.75 Å². The third kappa shape index (κ3) is 3.95. The highest BCUT2D eigenvalue weighted by molar-refractivity contribution is 5.77. The van der Waals surface area contributed by atoms with E-state index in [1.807, 2.05) is 61.5 Å². The molecule has 2 rings (SSSR count). The molecule has 0 saturated heterocycles. The van der Waals surface area contributed by atoms with Crippen LogP contribution >= 0.6 is 0 Å². The van der Waals surface area contributed by atoms with Gasteiger partial charge in [0.2, 0.25) is 5.91 Å². The van der Waals surface area contributed by atoms with E-state index < -0.39 is 5.60 Å². The van der Waals surface area contributed by atoms with Crippen LogP contribution in [0.15, 0.2) is 54.6 Å². The first-order chi connectivity index (χ1) is 11.4. The van der Waals surface area contributed by atoms with Crippen LogP contribution in [0.5, 0.6) is 5.75 Å². The smallest absolute Gasteiger partial charge is 0.226 e. The quantitative estimate of drug-likeness (QED) is 0.883. The molecule has 1 amide bonds. The van der Waals surface area contributed by atoms with E-state index in [2.05, 4.69) is 0 Å². The molecule has 0 fully saturated rings. The van der Waals surface area contributed by atoms with Crippen molar-refractivity contribution in [1.82, 2.24) is 4.90 Å². The van der Waals surface area contributed by atoms with Crippen LogP contribution in [0.2, 0.25) is 0 Å². The molecular formula is C20H25NO3. The number of nitrogens with zero attached hydrogens (tertiary/aromatic N) is 1. The largest absolute Gasteiger partial charge is 0.496 e. The SMILES string of the molecule is COc1ccccc1[C@H](C)N(C)C(=O)C[C@](C)(O)c1ccccc1. The molecule has 0 aliphatic rings. The fourth-order valence-electron chi connectivity index (χ4n) is 2.75. The van der Waals surface area contributed by atoms with Crippen molar-refractivity contribution in [2.75, 3.05) is 14.2 Å². The predicted molar refractivity (Wildman–Crippen MR) is 94.8 cm³/mol. The summed E-state index contributed by atoms with van der Waals surface area (Å²) in [5, 5.41) is 10.7. The van der Waals surface area contributed by atoms with Crippen LogP contribution in [0.4, 0.5) is 0 Å². The van der Waals surface area contributed by atoms with E-state index in [0.29, 0.717) is 0 Å². The van der Waals surface area contributed by atoms with Crippen molar-refractivity contribution >= 4 is 5.91 Å². The van der Waals surface area contributed by atoms with Gasteiger partial charge in [0.05, 0.1) is 25.2 Å². The predicted octanol–water partition coefficient (Wildman–Crippen LogP) is 3.51. The Balaban J connectivity index is 2.14. The fourth-order valence-corrected chi connectivity index (χ4v) is 2.75. The number of amides is 1. The van der Waals surface area contributed by atoms with Gasteiger partial charge in [0.15, 0.2) is 0 Å². The molecule has 0 aliphatic carbocycles. The Morgan fingerprint density at radius 3 is 2.38 bits per heavy atom. The standard InChI is InChI=1S/C20H25NO3/c1-15(17-12-8-9-13-18(17)24-4)21(3)19(22)14-20(2,23)16-10-6-5-7-11-16/h5-13,15,23H,14H2,1-4H3/t15-,20-/m0/s1. The highest BCUT2D eigenvalue weighted by atomic mass is 16.5. The van der Waals surface area contributed by atoms with Crippen LogP contribution in [-0.4, -0.2) is 30.1 Å². The molecule has 0 aromatic heterocycles. The van der Waals surface area contributed by atoms with Crippen LogP contribution in [0, 0.1) is 0 Å². The lowest BCUT2D eigenvalue weighted by atomic mass is 9.91. The number of benzene rings is 2. The summed E-state index contributed by atoms with van der Waals surface area (Å²) in [5.74, 6) is 0.627. The van der Waals surface area contributed by atoms with Gasteiger partial charge in [-0.25, -0.2) is 0 Å². The minimum atomic E-state index is -1.20. The Hall–Kier alpha value is -2.33. The van der Waals surface area contributed by atoms with Crippen LogP contribution < -0.4 is 4.74 Å². The van der Waals surface area contributed by atoms with Gasteiger partial charge in [0.1, 0.15) is 5.75 Å². The lowest BCUT2D eigenvalue weighted by Crippen LogP contribution is -2.35. The van der Waals surface area contributed by atoms with E-state index in [1.54, 1.807) is 26.0 Å². The van der Waals surface area contributed by atoms with Gasteiger partial charge >= 0.3 is 0 Å². The first-order valence-electron chi connectivity index (χ1n) is 8.03. The number of hydrogen-bond donors (Lipinski definition) is 1. The number of rotatable bonds is 6. The zero-order chi connectivity index (χ0) is 17.7. The van der Waals surface area contributed by atoms with E-state index in [9.17, 15) is 9.90 Å². The lowest BCUT2D eigenvalue weighted by molar-refractivity contribution is -0.136. The molecule has 4 heteroatoms. The second kappa shape index (κ2) is 7.49. The fraction of sp³-hybridized carbons (Fsp3) is 0.350. The molecular weight excluding hydrogens is 302 g/mol. The van der Waals surface area contributed by atoms with Gasteiger partial charge in [0, 0.05) is 12.6 Å². The first kappa shape index (κ1) is 18.0. The molecule has 0 bridgehead atoms. The topological polar surface area (TPSA) is 49.8 Å². The number of carbonyl (C=O) groups excluding carboxylic acids is 1. The van der Waals surface area contributed by atoms with E-state index >= 15 is 0 Å². The molecule has 1 N–H and O–H groups in total. The maximum absolute atomic E-state index is 12.7. The lowest BCUT2D eigenvalue weighted by Gasteiger charge is -2.30. The van der Waals surface area contributed by atoms with E-state index in [4.69, 9.17) is 4.74 Å². The summed E-state index contributed by atoms with van der Waals surface area (Å²) in [6, 6.07) is 16.8. The van der Waals surface area contributed by atoms with Gasteiger partial charge in [-0.05, 0) is 25.5 Å². The number of ether oxygens (including phenoxy) is 1. The van der Waals surface area contributed by atoms with Crippen molar-refractivity contribution in [3.05, 3.63) is 65.7 Å². The second-order valence-electron chi connectivity index (χ2n) is 6.24. The third-order valence-electron chi connectivity index (χ3n) is 4.45. The van der Waals surface area contributed by atoms with Crippen LogP contribution in [0.25, 0.3) is 0 Å². The Bertz CT molecular complexity index is 682. The summed E-state index contributed by atoms with van der Waals surface area (Å²) >= 11 is 0. The molecule has 128 valence electrons. The highest BCUT2D eigenvalue weighted by Gasteiger charge is 2.30. The minimum absolute atomic E-state index is 0.0208. The molecule has 0 unspecified atom stereocenters. The summed E-state index contributed by atoms with van der Waals surface area (Å²) in [6.07, 6.45) is 0.0208. The first-order valence-corrected chi connectivity index (χ1v) is 8.03. The summed E-state index contributed by atoms with van der Waals surface area (Å²) in [7, 11) is 3.37. The summed E-state index contributed by atoms with van der Waals surface area (Å²) in [4.78, 5) is 14.3. The molecule has 0 radical (unpaired) electrons. The molecule has 0 spiro atoms. The molecule has 2 aromatic rings. The normalized spacial score (nSPS) is 14.5. The molecule has 0 aliphatic heterocycles. The molecule has 0 saturated carbocycles. The van der Waals surface area contributed by atoms with Crippen molar-refractivity contribution < 1.29 is 14.6 Å². The Morgan fingerprint density at radius 1 is 1.17 bits per heavy atom. The number of para-hydroxylation sites is 1. The van der Waals surface area contributed by atoms with Crippen molar-refractivity contribution in [3.63, 3.8) is 0 Å². The molecule has 0 heterocycles. The van der Waals surface area contributed by atoms with Gasteiger partial charge in [-0.2, -0.15) is 0 Å². The van der Waals surface area contributed by atoms with E-state index in [-0.39, 0.29) is 18.4 Å². The second-order valence-corrected chi connectivity index (χ2v) is 6.24. The van der Waals surface area contributed by atoms with Gasteiger partial charge < -0.3 is 14.7 Å². The van der Waals surface area contributed by atoms with Crippen molar-refractivity contribution in [2.45, 2.75) is 31.9 Å². The maximum atomic E-state index is 12.7. The van der Waals surface area contributed by atoms with Gasteiger partial charge in [-0.1, -0.05) is 48.5 Å². The van der Waals surface area contributed by atoms with Crippen molar-refractivity contribution in [1.29, 1.82) is 0 Å². The number of aliphatic hydroxyl groups is 1. The third-order valence-corrected chi connectivity index (χ3v) is 4.45. The monoisotopic (exact) mass is 327 g/mol. The Morgan fingerprint density at radius 2 is 1.75 bits per heavy atom. The van der Waals surface area contributed by atoms with Gasteiger partial charge in [-0.3, -0.25) is 4.79 Å². The highest BCUT2D eigenvalue weighted by Crippen LogP contribution is 2.30. The zero-order valence-electron chi connectivity index (χ0n) is 14.7. The Kier molecular flexibility index (Phi) is 5.62. The van der Waals surface area contributed by atoms with Crippen molar-refractivity contribution in [2.24, 2.45) is 0 Å². The average Bonchev–Trinajstić information content (AvgIpc) is 2.60. The summed E-state index contributed by atoms with van der Waals surface area (Å²) in [6.45, 7) is 3.62. The van der Waals surface area contributed by atoms with Crippen LogP contribution in [0.3, 0.4) is 0 Å². The zero-order valence-corrected chi connectivity index (χ0v) is 14.7. The molecule has 24 heavy (non-hydrogen) atoms. The molecule has 4 nitrogen and oxygen atoms in total. The van der Waals surface area contributed by atoms with Gasteiger partial charge in [0.25, 0.3) is 0 Å². The van der Waals surface area contributed by atoms with Crippen LogP contribution in [-0.2, 0) is 10.4 Å². The molecule has 2 aromatic carbocycles. The molecule has 2 atom stereocenters. The van der Waals surface area contributed by atoms with E-state index in [0.717, 1.165) is 16.9 Å². The van der Waals surface area contributed by atoms with Gasteiger partial charge in [-0.15, -0.1) is 0 Å². The average molecular weight is 327 g/mol. The Labute approximate surface area is 143 Å². The maximum Gasteiger partial charge on any atom is 0.226 e.